The Kier molecular flexibility index (Phi) is 13.3. The van der Waals surface area contributed by atoms with Gasteiger partial charge in [0.15, 0.2) is 0 Å². The smallest absolute Gasteiger partial charge is 0.309 e. The summed E-state index contributed by atoms with van der Waals surface area (Å²) < 4.78 is 5.62. The van der Waals surface area contributed by atoms with Gasteiger partial charge in [-0.3, -0.25) is 19.2 Å². The molecule has 0 aromatic heterocycles. The summed E-state index contributed by atoms with van der Waals surface area (Å²) in [7, 11) is 0. The molecule has 9 heteroatoms. The molecule has 0 radical (unpaired) electrons. The maximum absolute atomic E-state index is 13.5. The fraction of sp³-hybridized carbons (Fsp3) is 0.314. The normalized spacial score (nSPS) is 13.5. The van der Waals surface area contributed by atoms with Gasteiger partial charge in [0.1, 0.15) is 12.6 Å². The molecule has 0 bridgehead atoms. The van der Waals surface area contributed by atoms with E-state index in [0.717, 1.165) is 16.3 Å². The van der Waals surface area contributed by atoms with E-state index in [1.807, 2.05) is 66.7 Å². The molecule has 9 nitrogen and oxygen atoms in total. The number of aliphatic hydroxyl groups is 1. The Morgan fingerprint density at radius 1 is 0.841 bits per heavy atom. The van der Waals surface area contributed by atoms with Crippen molar-refractivity contribution in [3.8, 4) is 0 Å². The second kappa shape index (κ2) is 17.4. The van der Waals surface area contributed by atoms with Gasteiger partial charge in [-0.25, -0.2) is 0 Å². The Balaban J connectivity index is 1.78. The number of esters is 1. The number of rotatable bonds is 17. The van der Waals surface area contributed by atoms with E-state index in [9.17, 15) is 24.3 Å². The van der Waals surface area contributed by atoms with E-state index in [1.54, 1.807) is 19.1 Å². The van der Waals surface area contributed by atoms with E-state index in [0.29, 0.717) is 18.5 Å². The highest BCUT2D eigenvalue weighted by Crippen LogP contribution is 2.20. The van der Waals surface area contributed by atoms with Crippen LogP contribution in [0.1, 0.15) is 31.7 Å². The largest absolute Gasteiger partial charge is 0.463 e. The number of aliphatic hydroxyl groups excluding tert-OH is 1. The van der Waals surface area contributed by atoms with Crippen LogP contribution in [0.4, 0.5) is 5.69 Å². The van der Waals surface area contributed by atoms with Gasteiger partial charge in [-0.15, -0.1) is 13.2 Å². The minimum absolute atomic E-state index is 0.171. The molecule has 0 unspecified atom stereocenters. The predicted octanol–water partition coefficient (Wildman–Crippen LogP) is 4.32. The second-order valence-electron chi connectivity index (χ2n) is 10.7. The summed E-state index contributed by atoms with van der Waals surface area (Å²) in [6, 6.07) is 20.9. The number of hydrogen-bond donors (Lipinski definition) is 4. The molecule has 3 amide bonds. The predicted molar refractivity (Wildman–Crippen MR) is 172 cm³/mol. The van der Waals surface area contributed by atoms with Gasteiger partial charge in [-0.2, -0.15) is 0 Å². The minimum Gasteiger partial charge on any atom is -0.463 e. The maximum Gasteiger partial charge on any atom is 0.309 e. The van der Waals surface area contributed by atoms with E-state index in [2.05, 4.69) is 29.1 Å². The van der Waals surface area contributed by atoms with Crippen LogP contribution in [0, 0.1) is 11.8 Å². The Bertz CT molecular complexity index is 1440. The summed E-state index contributed by atoms with van der Waals surface area (Å²) in [5.74, 6) is -3.46. The number of allylic oxidation sites excluding steroid dienone is 2. The average Bonchev–Trinajstić information content (AvgIpc) is 3.02. The summed E-state index contributed by atoms with van der Waals surface area (Å²) in [6.45, 7) is 8.42. The van der Waals surface area contributed by atoms with E-state index in [1.165, 1.54) is 6.08 Å². The number of amides is 3. The molecule has 0 aliphatic carbocycles. The average molecular weight is 600 g/mol. The van der Waals surface area contributed by atoms with E-state index >= 15 is 0 Å². The number of benzene rings is 3. The number of carbonyl (C=O) groups excluding carboxylic acids is 4. The first-order valence-corrected chi connectivity index (χ1v) is 14.7. The van der Waals surface area contributed by atoms with Crippen LogP contribution in [0.25, 0.3) is 10.8 Å². The lowest BCUT2D eigenvalue weighted by Gasteiger charge is -2.23. The molecule has 0 saturated carbocycles. The lowest BCUT2D eigenvalue weighted by molar-refractivity contribution is -0.150. The third-order valence-corrected chi connectivity index (χ3v) is 7.09. The van der Waals surface area contributed by atoms with Crippen molar-refractivity contribution in [1.82, 2.24) is 10.6 Å². The Labute approximate surface area is 258 Å². The molecular formula is C35H41N3O6. The molecule has 3 aromatic rings. The van der Waals surface area contributed by atoms with E-state index < -0.39 is 54.2 Å². The van der Waals surface area contributed by atoms with Crippen LogP contribution in [-0.2, 0) is 30.3 Å². The zero-order valence-corrected chi connectivity index (χ0v) is 25.0. The first-order valence-electron chi connectivity index (χ1n) is 14.7. The third-order valence-electron chi connectivity index (χ3n) is 7.09. The standard InChI is InChI=1S/C35H41N3O6/c1-4-11-28(21-32(40)36-24(3)22-39)33(41)38-31(34(42)37-30-18-17-26-15-9-10-16-27(26)20-30)23-44-35(43)29(12-5-2)19-25-13-7-6-8-14-25/h4-10,13-18,20,24,28-29,31,39H,1-2,11-12,19,21-23H2,3H3,(H,36,40)(H,37,42)(H,38,41)/t24-,28-,29-,31-/m0/s1. The van der Waals surface area contributed by atoms with Crippen LogP contribution in [0.5, 0.6) is 0 Å². The highest BCUT2D eigenvalue weighted by molar-refractivity contribution is 5.99. The molecule has 0 heterocycles. The van der Waals surface area contributed by atoms with Crippen molar-refractivity contribution in [2.45, 2.75) is 44.7 Å². The lowest BCUT2D eigenvalue weighted by Crippen LogP contribution is -2.50. The quantitative estimate of drug-likeness (QED) is 0.135. The summed E-state index contributed by atoms with van der Waals surface area (Å²) in [4.78, 5) is 52.5. The second-order valence-corrected chi connectivity index (χ2v) is 10.7. The van der Waals surface area contributed by atoms with E-state index in [-0.39, 0.29) is 19.4 Å². The first kappa shape index (κ1) is 33.7. The van der Waals surface area contributed by atoms with Crippen molar-refractivity contribution in [2.75, 3.05) is 18.5 Å². The van der Waals surface area contributed by atoms with Gasteiger partial charge in [-0.1, -0.05) is 72.8 Å². The number of nitrogens with one attached hydrogen (secondary N) is 3. The van der Waals surface area contributed by atoms with Crippen LogP contribution < -0.4 is 16.0 Å². The van der Waals surface area contributed by atoms with Crippen molar-refractivity contribution in [1.29, 1.82) is 0 Å². The highest BCUT2D eigenvalue weighted by Gasteiger charge is 2.29. The number of hydrogen-bond acceptors (Lipinski definition) is 6. The number of fused-ring (bicyclic) bond motifs is 1. The first-order chi connectivity index (χ1) is 21.2. The van der Waals surface area contributed by atoms with Gasteiger partial charge in [0, 0.05) is 18.2 Å². The van der Waals surface area contributed by atoms with Crippen molar-refractivity contribution in [3.05, 3.63) is 104 Å². The monoisotopic (exact) mass is 599 g/mol. The molecule has 0 spiro atoms. The molecule has 0 aliphatic heterocycles. The molecule has 0 aliphatic rings. The molecule has 3 rings (SSSR count). The Morgan fingerprint density at radius 2 is 1.50 bits per heavy atom. The van der Waals surface area contributed by atoms with Gasteiger partial charge in [0.25, 0.3) is 5.91 Å². The van der Waals surface area contributed by atoms with Gasteiger partial charge in [0.2, 0.25) is 11.8 Å². The van der Waals surface area contributed by atoms with Crippen LogP contribution in [0.3, 0.4) is 0 Å². The van der Waals surface area contributed by atoms with Crippen molar-refractivity contribution < 1.29 is 29.0 Å². The SMILES string of the molecule is C=CC[C@@H](CC(=O)N[C@@H](C)CO)C(=O)N[C@@H](COC(=O)[C@@H](CC=C)Cc1ccccc1)C(=O)Nc1ccc2ccccc2c1. The zero-order valence-electron chi connectivity index (χ0n) is 25.0. The lowest BCUT2D eigenvalue weighted by atomic mass is 9.96. The van der Waals surface area contributed by atoms with Crippen LogP contribution in [0.2, 0.25) is 0 Å². The number of anilines is 1. The molecule has 4 N–H and O–H groups in total. The molecule has 3 aromatic carbocycles. The van der Waals surface area contributed by atoms with Gasteiger partial charge in [0.05, 0.1) is 18.4 Å². The Morgan fingerprint density at radius 3 is 2.18 bits per heavy atom. The summed E-state index contributed by atoms with van der Waals surface area (Å²) >= 11 is 0. The fourth-order valence-electron chi connectivity index (χ4n) is 4.70. The van der Waals surface area contributed by atoms with Crippen molar-refractivity contribution in [2.24, 2.45) is 11.8 Å². The molecule has 0 saturated heterocycles. The topological polar surface area (TPSA) is 134 Å². The third kappa shape index (κ3) is 10.5. The molecule has 4 atom stereocenters. The molecular weight excluding hydrogens is 558 g/mol. The Hall–Kier alpha value is -4.76. The zero-order chi connectivity index (χ0) is 31.9. The molecule has 232 valence electrons. The van der Waals surface area contributed by atoms with Crippen LogP contribution in [0.15, 0.2) is 98.1 Å². The molecule has 44 heavy (non-hydrogen) atoms. The van der Waals surface area contributed by atoms with Crippen molar-refractivity contribution >= 4 is 40.2 Å². The van der Waals surface area contributed by atoms with Crippen molar-refractivity contribution in [3.63, 3.8) is 0 Å². The molecule has 0 fully saturated rings. The number of carbonyl (C=O) groups is 4. The summed E-state index contributed by atoms with van der Waals surface area (Å²) in [6.07, 6.45) is 3.94. The van der Waals surface area contributed by atoms with Gasteiger partial charge < -0.3 is 25.8 Å². The van der Waals surface area contributed by atoms with E-state index in [4.69, 9.17) is 4.74 Å². The van der Waals surface area contributed by atoms with Crippen LogP contribution >= 0.6 is 0 Å². The fourth-order valence-corrected chi connectivity index (χ4v) is 4.70. The number of ether oxygens (including phenoxy) is 1. The summed E-state index contributed by atoms with van der Waals surface area (Å²) in [5, 5.41) is 19.3. The van der Waals surface area contributed by atoms with Gasteiger partial charge in [-0.05, 0) is 54.7 Å². The highest BCUT2D eigenvalue weighted by atomic mass is 16.5. The summed E-state index contributed by atoms with van der Waals surface area (Å²) in [5.41, 5.74) is 1.46. The van der Waals surface area contributed by atoms with Crippen LogP contribution in [-0.4, -0.2) is 54.1 Å². The minimum atomic E-state index is -1.24. The maximum atomic E-state index is 13.5. The van der Waals surface area contributed by atoms with Gasteiger partial charge >= 0.3 is 5.97 Å².